The molecule has 0 saturated heterocycles. The predicted octanol–water partition coefficient (Wildman–Crippen LogP) is 6.16. The van der Waals surface area contributed by atoms with Crippen molar-refractivity contribution < 1.29 is 4.74 Å². The van der Waals surface area contributed by atoms with Gasteiger partial charge in [-0.1, -0.05) is 24.3 Å². The second-order valence-electron chi connectivity index (χ2n) is 7.47. The van der Waals surface area contributed by atoms with Gasteiger partial charge in [0.05, 0.1) is 6.61 Å². The first-order valence-corrected chi connectivity index (χ1v) is 9.63. The van der Waals surface area contributed by atoms with Gasteiger partial charge in [0.1, 0.15) is 0 Å². The first-order chi connectivity index (χ1) is 10.8. The molecule has 0 radical (unpaired) electrons. The first kappa shape index (κ1) is 17.8. The van der Waals surface area contributed by atoms with E-state index in [1.165, 1.54) is 57.8 Å². The van der Waals surface area contributed by atoms with Gasteiger partial charge in [0.15, 0.2) is 0 Å². The molecule has 2 rings (SSSR count). The lowest BCUT2D eigenvalue weighted by Gasteiger charge is -2.37. The Kier molecular flexibility index (Phi) is 8.30. The molecule has 1 heteroatoms. The predicted molar refractivity (Wildman–Crippen MR) is 96.0 cm³/mol. The number of ether oxygens (including phenoxy) is 1. The molecule has 2 fully saturated rings. The van der Waals surface area contributed by atoms with E-state index >= 15 is 0 Å². The van der Waals surface area contributed by atoms with Crippen LogP contribution in [0.2, 0.25) is 0 Å². The van der Waals surface area contributed by atoms with Gasteiger partial charge < -0.3 is 4.74 Å². The summed E-state index contributed by atoms with van der Waals surface area (Å²) in [6, 6.07) is 0. The maximum absolute atomic E-state index is 5.75. The van der Waals surface area contributed by atoms with Crippen LogP contribution in [0.1, 0.15) is 71.6 Å². The molecule has 0 N–H and O–H groups in total. The molecular weight excluding hydrogens is 268 g/mol. The fourth-order valence-electron chi connectivity index (χ4n) is 4.45. The lowest BCUT2D eigenvalue weighted by atomic mass is 9.69. The summed E-state index contributed by atoms with van der Waals surface area (Å²) in [6.07, 6.45) is 21.7. The molecule has 2 aliphatic rings. The minimum absolute atomic E-state index is 0.798. The van der Waals surface area contributed by atoms with Crippen molar-refractivity contribution in [2.45, 2.75) is 71.6 Å². The molecule has 0 unspecified atom stereocenters. The highest BCUT2D eigenvalue weighted by Crippen LogP contribution is 2.42. The molecule has 1 nitrogen and oxygen atoms in total. The van der Waals surface area contributed by atoms with E-state index in [2.05, 4.69) is 38.2 Å². The summed E-state index contributed by atoms with van der Waals surface area (Å²) in [7, 11) is 0. The van der Waals surface area contributed by atoms with Crippen LogP contribution in [0.15, 0.2) is 24.3 Å². The zero-order valence-electron chi connectivity index (χ0n) is 14.8. The van der Waals surface area contributed by atoms with Crippen LogP contribution in [-0.4, -0.2) is 13.2 Å². The standard InChI is InChI=1S/C21H36O/c1-3-5-7-18-8-12-20(13-9-18)21-14-10-19(11-15-21)17-22-16-6-4-2/h3-6,18-21H,7-17H2,1-2H3/b5-3+,6-4-. The average Bonchev–Trinajstić information content (AvgIpc) is 2.58. The summed E-state index contributed by atoms with van der Waals surface area (Å²) < 4.78 is 5.75. The van der Waals surface area contributed by atoms with Gasteiger partial charge in [-0.3, -0.25) is 0 Å². The van der Waals surface area contributed by atoms with E-state index in [0.717, 1.165) is 36.9 Å². The van der Waals surface area contributed by atoms with Crippen molar-refractivity contribution >= 4 is 0 Å². The van der Waals surface area contributed by atoms with E-state index < -0.39 is 0 Å². The summed E-state index contributed by atoms with van der Waals surface area (Å²) >= 11 is 0. The SMILES string of the molecule is C/C=C\COCC1CCC(C2CCC(C/C=C/C)CC2)CC1. The molecule has 0 aromatic carbocycles. The topological polar surface area (TPSA) is 9.23 Å². The quantitative estimate of drug-likeness (QED) is 0.404. The zero-order valence-corrected chi connectivity index (χ0v) is 14.8. The van der Waals surface area contributed by atoms with E-state index in [0.29, 0.717) is 0 Å². The number of rotatable bonds is 7. The Labute approximate surface area is 138 Å². The third-order valence-corrected chi connectivity index (χ3v) is 5.96. The van der Waals surface area contributed by atoms with E-state index in [1.54, 1.807) is 0 Å². The molecule has 22 heavy (non-hydrogen) atoms. The van der Waals surface area contributed by atoms with Gasteiger partial charge in [0.2, 0.25) is 0 Å². The van der Waals surface area contributed by atoms with Crippen molar-refractivity contribution in [2.75, 3.05) is 13.2 Å². The minimum Gasteiger partial charge on any atom is -0.377 e. The smallest absolute Gasteiger partial charge is 0.0647 e. The van der Waals surface area contributed by atoms with Crippen LogP contribution in [0.25, 0.3) is 0 Å². The third-order valence-electron chi connectivity index (χ3n) is 5.96. The third kappa shape index (κ3) is 5.91. The largest absolute Gasteiger partial charge is 0.377 e. The van der Waals surface area contributed by atoms with E-state index in [4.69, 9.17) is 4.74 Å². The van der Waals surface area contributed by atoms with Gasteiger partial charge >= 0.3 is 0 Å². The highest BCUT2D eigenvalue weighted by atomic mass is 16.5. The van der Waals surface area contributed by atoms with Crippen LogP contribution < -0.4 is 0 Å². The van der Waals surface area contributed by atoms with Gasteiger partial charge in [-0.2, -0.15) is 0 Å². The van der Waals surface area contributed by atoms with E-state index in [-0.39, 0.29) is 0 Å². The van der Waals surface area contributed by atoms with Crippen molar-refractivity contribution in [3.05, 3.63) is 24.3 Å². The molecule has 0 amide bonds. The van der Waals surface area contributed by atoms with Gasteiger partial charge in [0.25, 0.3) is 0 Å². The summed E-state index contributed by atoms with van der Waals surface area (Å²) in [6.45, 7) is 5.98. The van der Waals surface area contributed by atoms with Crippen LogP contribution in [-0.2, 0) is 4.74 Å². The van der Waals surface area contributed by atoms with Crippen LogP contribution in [0.4, 0.5) is 0 Å². The molecule has 0 heterocycles. The Morgan fingerprint density at radius 3 is 1.82 bits per heavy atom. The van der Waals surface area contributed by atoms with Crippen molar-refractivity contribution in [2.24, 2.45) is 23.7 Å². The van der Waals surface area contributed by atoms with Gasteiger partial charge in [-0.15, -0.1) is 0 Å². The fourth-order valence-corrected chi connectivity index (χ4v) is 4.45. The van der Waals surface area contributed by atoms with Crippen molar-refractivity contribution in [1.29, 1.82) is 0 Å². The lowest BCUT2D eigenvalue weighted by molar-refractivity contribution is 0.0785. The Bertz CT molecular complexity index is 328. The molecule has 126 valence electrons. The first-order valence-electron chi connectivity index (χ1n) is 9.63. The summed E-state index contributed by atoms with van der Waals surface area (Å²) in [4.78, 5) is 0. The molecule has 0 bridgehead atoms. The normalized spacial score (nSPS) is 33.7. The van der Waals surface area contributed by atoms with Crippen molar-refractivity contribution in [3.8, 4) is 0 Å². The van der Waals surface area contributed by atoms with Crippen LogP contribution in [0.3, 0.4) is 0 Å². The van der Waals surface area contributed by atoms with Gasteiger partial charge in [-0.05, 0) is 95.3 Å². The Hall–Kier alpha value is -0.560. The minimum atomic E-state index is 0.798. The fraction of sp³-hybridized carbons (Fsp3) is 0.810. The second-order valence-corrected chi connectivity index (χ2v) is 7.47. The summed E-state index contributed by atoms with van der Waals surface area (Å²) in [5.74, 6) is 3.86. The number of hydrogen-bond acceptors (Lipinski definition) is 1. The average molecular weight is 305 g/mol. The Morgan fingerprint density at radius 2 is 1.27 bits per heavy atom. The van der Waals surface area contributed by atoms with Crippen LogP contribution >= 0.6 is 0 Å². The maximum atomic E-state index is 5.75. The van der Waals surface area contributed by atoms with Crippen LogP contribution in [0, 0.1) is 23.7 Å². The summed E-state index contributed by atoms with van der Waals surface area (Å²) in [5, 5.41) is 0. The van der Waals surface area contributed by atoms with E-state index in [1.807, 2.05) is 0 Å². The zero-order chi connectivity index (χ0) is 15.6. The highest BCUT2D eigenvalue weighted by molar-refractivity contribution is 4.86. The second kappa shape index (κ2) is 10.3. The molecule has 0 aromatic heterocycles. The summed E-state index contributed by atoms with van der Waals surface area (Å²) in [5.41, 5.74) is 0. The van der Waals surface area contributed by atoms with Crippen molar-refractivity contribution in [1.82, 2.24) is 0 Å². The highest BCUT2D eigenvalue weighted by Gasteiger charge is 2.30. The Morgan fingerprint density at radius 1 is 0.727 bits per heavy atom. The van der Waals surface area contributed by atoms with E-state index in [9.17, 15) is 0 Å². The Balaban J connectivity index is 1.61. The lowest BCUT2D eigenvalue weighted by Crippen LogP contribution is -2.27. The molecular formula is C21H36O. The number of hydrogen-bond donors (Lipinski definition) is 0. The molecule has 2 aliphatic carbocycles. The molecule has 0 aromatic rings. The van der Waals surface area contributed by atoms with Crippen LogP contribution in [0.5, 0.6) is 0 Å². The number of allylic oxidation sites excluding steroid dienone is 3. The maximum Gasteiger partial charge on any atom is 0.0647 e. The van der Waals surface area contributed by atoms with Gasteiger partial charge in [-0.25, -0.2) is 0 Å². The monoisotopic (exact) mass is 304 g/mol. The van der Waals surface area contributed by atoms with Gasteiger partial charge in [0, 0.05) is 6.61 Å². The van der Waals surface area contributed by atoms with Crippen molar-refractivity contribution in [3.63, 3.8) is 0 Å². The molecule has 2 saturated carbocycles. The molecule has 0 atom stereocenters. The molecule has 0 aliphatic heterocycles. The molecule has 0 spiro atoms.